The van der Waals surface area contributed by atoms with Gasteiger partial charge in [-0.05, 0) is 36.1 Å². The van der Waals surface area contributed by atoms with Gasteiger partial charge in [0, 0.05) is 0 Å². The predicted molar refractivity (Wildman–Crippen MR) is 116 cm³/mol. The van der Waals surface area contributed by atoms with Crippen LogP contribution in [0.2, 0.25) is 5.15 Å². The van der Waals surface area contributed by atoms with Crippen LogP contribution in [-0.4, -0.2) is 22.8 Å². The molecule has 6 heteroatoms. The Morgan fingerprint density at radius 2 is 1.79 bits per heavy atom. The number of hydrogen-bond acceptors (Lipinski definition) is 3. The van der Waals surface area contributed by atoms with Crippen molar-refractivity contribution in [3.8, 4) is 5.75 Å². The first-order chi connectivity index (χ1) is 13.9. The molecule has 29 heavy (non-hydrogen) atoms. The summed E-state index contributed by atoms with van der Waals surface area (Å²) < 4.78 is 6.89. The van der Waals surface area contributed by atoms with Gasteiger partial charge in [-0.1, -0.05) is 67.9 Å². The van der Waals surface area contributed by atoms with Crippen LogP contribution in [0.25, 0.3) is 0 Å². The maximum atomic E-state index is 13.1. The van der Waals surface area contributed by atoms with Gasteiger partial charge in [-0.25, -0.2) is 4.68 Å². The van der Waals surface area contributed by atoms with Gasteiger partial charge in [-0.15, -0.1) is 0 Å². The van der Waals surface area contributed by atoms with Crippen molar-refractivity contribution in [1.82, 2.24) is 15.1 Å². The lowest BCUT2D eigenvalue weighted by molar-refractivity contribution is 0.0925. The molecule has 0 saturated heterocycles. The van der Waals surface area contributed by atoms with E-state index >= 15 is 0 Å². The molecule has 1 unspecified atom stereocenters. The summed E-state index contributed by atoms with van der Waals surface area (Å²) in [4.78, 5) is 13.1. The number of ether oxygens (including phenoxy) is 1. The number of methoxy groups -OCH3 is 1. The van der Waals surface area contributed by atoms with Gasteiger partial charge in [0.25, 0.3) is 5.91 Å². The van der Waals surface area contributed by atoms with Crippen LogP contribution in [0.4, 0.5) is 0 Å². The fourth-order valence-electron chi connectivity index (χ4n) is 3.33. The average molecular weight is 412 g/mol. The maximum Gasteiger partial charge on any atom is 0.256 e. The molecule has 0 radical (unpaired) electrons. The SMILES string of the molecule is COc1ccc(C(NC(=O)c2c(C)nn(Cc3ccccc3)c2Cl)C(C)C)cc1. The summed E-state index contributed by atoms with van der Waals surface area (Å²) in [6, 6.07) is 17.5. The highest BCUT2D eigenvalue weighted by Gasteiger charge is 2.25. The number of benzene rings is 2. The Morgan fingerprint density at radius 3 is 2.38 bits per heavy atom. The van der Waals surface area contributed by atoms with Crippen molar-refractivity contribution < 1.29 is 9.53 Å². The van der Waals surface area contributed by atoms with Gasteiger partial charge in [0.15, 0.2) is 0 Å². The van der Waals surface area contributed by atoms with Gasteiger partial charge in [-0.2, -0.15) is 5.10 Å². The van der Waals surface area contributed by atoms with Crippen molar-refractivity contribution in [2.45, 2.75) is 33.4 Å². The van der Waals surface area contributed by atoms with Gasteiger partial charge in [-0.3, -0.25) is 4.79 Å². The third kappa shape index (κ3) is 4.80. The Hall–Kier alpha value is -2.79. The molecule has 1 atom stereocenters. The second-order valence-electron chi connectivity index (χ2n) is 7.36. The molecule has 0 spiro atoms. The van der Waals surface area contributed by atoms with Crippen molar-refractivity contribution in [1.29, 1.82) is 0 Å². The van der Waals surface area contributed by atoms with Crippen LogP contribution in [0.5, 0.6) is 5.75 Å². The molecule has 0 aliphatic rings. The summed E-state index contributed by atoms with van der Waals surface area (Å²) in [5.74, 6) is 0.760. The van der Waals surface area contributed by atoms with E-state index in [2.05, 4.69) is 24.3 Å². The number of halogens is 1. The topological polar surface area (TPSA) is 56.1 Å². The lowest BCUT2D eigenvalue weighted by atomic mass is 9.95. The fraction of sp³-hybridized carbons (Fsp3) is 0.304. The molecule has 3 aromatic rings. The normalized spacial score (nSPS) is 12.1. The highest BCUT2D eigenvalue weighted by atomic mass is 35.5. The van der Waals surface area contributed by atoms with E-state index in [0.29, 0.717) is 23.0 Å². The van der Waals surface area contributed by atoms with E-state index in [1.807, 2.05) is 54.6 Å². The number of aromatic nitrogens is 2. The third-order valence-electron chi connectivity index (χ3n) is 4.90. The fourth-order valence-corrected chi connectivity index (χ4v) is 3.65. The Labute approximate surface area is 176 Å². The average Bonchev–Trinajstić information content (AvgIpc) is 2.99. The lowest BCUT2D eigenvalue weighted by Crippen LogP contribution is -2.32. The van der Waals surface area contributed by atoms with Crippen LogP contribution in [0, 0.1) is 12.8 Å². The molecule has 3 rings (SSSR count). The van der Waals surface area contributed by atoms with Crippen molar-refractivity contribution in [3.05, 3.63) is 82.1 Å². The van der Waals surface area contributed by atoms with Gasteiger partial charge in [0.2, 0.25) is 0 Å². The molecule has 152 valence electrons. The van der Waals surface area contributed by atoms with Crippen LogP contribution in [0.1, 0.15) is 47.1 Å². The second-order valence-corrected chi connectivity index (χ2v) is 7.72. The summed E-state index contributed by atoms with van der Waals surface area (Å²) in [7, 11) is 1.63. The summed E-state index contributed by atoms with van der Waals surface area (Å²) in [6.45, 7) is 6.46. The smallest absolute Gasteiger partial charge is 0.256 e. The number of nitrogens with one attached hydrogen (secondary N) is 1. The standard InChI is InChI=1S/C23H26ClN3O2/c1-15(2)21(18-10-12-19(29-4)13-11-18)25-23(28)20-16(3)26-27(22(20)24)14-17-8-6-5-7-9-17/h5-13,15,21H,14H2,1-4H3,(H,25,28). The second kappa shape index (κ2) is 9.14. The van der Waals surface area contributed by atoms with Crippen molar-refractivity contribution in [2.75, 3.05) is 7.11 Å². The van der Waals surface area contributed by atoms with Crippen LogP contribution < -0.4 is 10.1 Å². The van der Waals surface area contributed by atoms with E-state index < -0.39 is 0 Å². The minimum atomic E-state index is -0.221. The third-order valence-corrected chi connectivity index (χ3v) is 5.28. The Kier molecular flexibility index (Phi) is 6.60. The van der Waals surface area contributed by atoms with E-state index in [1.54, 1.807) is 18.7 Å². The zero-order chi connectivity index (χ0) is 21.0. The number of amides is 1. The van der Waals surface area contributed by atoms with Gasteiger partial charge >= 0.3 is 0 Å². The van der Waals surface area contributed by atoms with Crippen molar-refractivity contribution in [3.63, 3.8) is 0 Å². The first-order valence-corrected chi connectivity index (χ1v) is 10.00. The van der Waals surface area contributed by atoms with Gasteiger partial charge in [0.1, 0.15) is 10.9 Å². The van der Waals surface area contributed by atoms with E-state index in [1.165, 1.54) is 0 Å². The van der Waals surface area contributed by atoms with E-state index in [0.717, 1.165) is 16.9 Å². The summed E-state index contributed by atoms with van der Waals surface area (Å²) >= 11 is 6.55. The van der Waals surface area contributed by atoms with E-state index in [4.69, 9.17) is 16.3 Å². The molecule has 1 amide bonds. The molecule has 0 aliphatic heterocycles. The highest BCUT2D eigenvalue weighted by molar-refractivity contribution is 6.33. The molecule has 0 fully saturated rings. The summed E-state index contributed by atoms with van der Waals surface area (Å²) in [6.07, 6.45) is 0. The molecule has 1 aromatic heterocycles. The highest BCUT2D eigenvalue weighted by Crippen LogP contribution is 2.26. The van der Waals surface area contributed by atoms with Crippen LogP contribution in [-0.2, 0) is 6.54 Å². The summed E-state index contributed by atoms with van der Waals surface area (Å²) in [5.41, 5.74) is 3.11. The lowest BCUT2D eigenvalue weighted by Gasteiger charge is -2.23. The number of carbonyl (C=O) groups is 1. The zero-order valence-electron chi connectivity index (χ0n) is 17.1. The largest absolute Gasteiger partial charge is 0.497 e. The van der Waals surface area contributed by atoms with E-state index in [-0.39, 0.29) is 17.9 Å². The van der Waals surface area contributed by atoms with E-state index in [9.17, 15) is 4.79 Å². The maximum absolute atomic E-state index is 13.1. The van der Waals surface area contributed by atoms with Crippen LogP contribution >= 0.6 is 11.6 Å². The van der Waals surface area contributed by atoms with Gasteiger partial charge in [0.05, 0.1) is 31.0 Å². The summed E-state index contributed by atoms with van der Waals surface area (Å²) in [5, 5.41) is 7.96. The number of hydrogen-bond donors (Lipinski definition) is 1. The Morgan fingerprint density at radius 1 is 1.14 bits per heavy atom. The van der Waals surface area contributed by atoms with Crippen LogP contribution in [0.3, 0.4) is 0 Å². The Balaban J connectivity index is 1.83. The molecule has 2 aromatic carbocycles. The molecular formula is C23H26ClN3O2. The molecule has 0 aliphatic carbocycles. The molecular weight excluding hydrogens is 386 g/mol. The van der Waals surface area contributed by atoms with Crippen molar-refractivity contribution >= 4 is 17.5 Å². The molecule has 0 saturated carbocycles. The first-order valence-electron chi connectivity index (χ1n) is 9.62. The number of nitrogens with zero attached hydrogens (tertiary/aromatic N) is 2. The number of carbonyl (C=O) groups excluding carboxylic acids is 1. The van der Waals surface area contributed by atoms with Crippen LogP contribution in [0.15, 0.2) is 54.6 Å². The first kappa shape index (κ1) is 20.9. The Bertz CT molecular complexity index is 966. The molecule has 1 N–H and O–H groups in total. The molecule has 0 bridgehead atoms. The molecule has 1 heterocycles. The number of aryl methyl sites for hydroxylation is 1. The minimum absolute atomic E-state index is 0.152. The van der Waals surface area contributed by atoms with Crippen molar-refractivity contribution in [2.24, 2.45) is 5.92 Å². The zero-order valence-corrected chi connectivity index (χ0v) is 17.9. The quantitative estimate of drug-likeness (QED) is 0.593. The number of rotatable bonds is 7. The monoisotopic (exact) mass is 411 g/mol. The predicted octanol–water partition coefficient (Wildman–Crippen LogP) is 5.03. The molecule has 5 nitrogen and oxygen atoms in total. The minimum Gasteiger partial charge on any atom is -0.497 e. The van der Waals surface area contributed by atoms with Gasteiger partial charge < -0.3 is 10.1 Å².